The largest absolute Gasteiger partial charge is 0.493 e. The zero-order valence-corrected chi connectivity index (χ0v) is 23.2. The van der Waals surface area contributed by atoms with Crippen molar-refractivity contribution in [3.8, 4) is 34.5 Å². The first kappa shape index (κ1) is 28.4. The number of carbonyl (C=O) groups is 1. The number of hydrogen-bond acceptors (Lipinski definition) is 10. The number of aromatic nitrogens is 4. The smallest absolute Gasteiger partial charge is 0.357 e. The second kappa shape index (κ2) is 12.5. The molecule has 0 saturated heterocycles. The van der Waals surface area contributed by atoms with Crippen molar-refractivity contribution in [3.63, 3.8) is 0 Å². The molecule has 0 bridgehead atoms. The van der Waals surface area contributed by atoms with E-state index in [0.29, 0.717) is 11.3 Å². The van der Waals surface area contributed by atoms with Gasteiger partial charge in [-0.15, -0.1) is 0 Å². The van der Waals surface area contributed by atoms with Gasteiger partial charge in [0.25, 0.3) is 17.1 Å². The molecule has 0 fully saturated rings. The number of anilines is 2. The van der Waals surface area contributed by atoms with Gasteiger partial charge in [-0.3, -0.25) is 4.55 Å². The van der Waals surface area contributed by atoms with Crippen LogP contribution in [0.3, 0.4) is 0 Å². The third-order valence-electron chi connectivity index (χ3n) is 5.31. The number of hydrogen-bond donors (Lipinski definition) is 1. The quantitative estimate of drug-likeness (QED) is 0.207. The molecule has 0 aliphatic heterocycles. The van der Waals surface area contributed by atoms with Crippen LogP contribution in [0.1, 0.15) is 29.9 Å². The number of benzene rings is 1. The standard InChI is InChI=1S/C27H27N5O7S/c1-16(2)38-27(33)19-14-18(12-13-28-19)24-30-25(32(40(34)35)22-11-10-17(3)15-29-22)23(26(31-24)37-5)39-21-9-7-6-8-20(21)36-4/h6-16H,1-5H3,(H,34,35). The maximum absolute atomic E-state index is 12.8. The van der Waals surface area contributed by atoms with E-state index in [2.05, 4.69) is 19.9 Å². The summed E-state index contributed by atoms with van der Waals surface area (Å²) in [5.41, 5.74) is 1.25. The maximum Gasteiger partial charge on any atom is 0.357 e. The highest BCUT2D eigenvalue weighted by Crippen LogP contribution is 2.44. The number of pyridine rings is 2. The number of para-hydroxylation sites is 2. The van der Waals surface area contributed by atoms with Gasteiger partial charge in [0.1, 0.15) is 11.5 Å². The van der Waals surface area contributed by atoms with E-state index in [4.69, 9.17) is 18.9 Å². The minimum atomic E-state index is -2.65. The number of ether oxygens (including phenoxy) is 4. The fraction of sp³-hybridized carbons (Fsp3) is 0.222. The second-order valence-corrected chi connectivity index (χ2v) is 9.39. The van der Waals surface area contributed by atoms with E-state index in [1.165, 1.54) is 26.5 Å². The molecule has 40 heavy (non-hydrogen) atoms. The van der Waals surface area contributed by atoms with Crippen LogP contribution < -0.4 is 18.5 Å². The Morgan fingerprint density at radius 3 is 2.38 bits per heavy atom. The number of methoxy groups -OCH3 is 2. The zero-order valence-electron chi connectivity index (χ0n) is 22.4. The maximum atomic E-state index is 12.8. The summed E-state index contributed by atoms with van der Waals surface area (Å²) in [4.78, 5) is 29.9. The van der Waals surface area contributed by atoms with E-state index in [1.54, 1.807) is 62.5 Å². The van der Waals surface area contributed by atoms with E-state index in [9.17, 15) is 13.6 Å². The average molecular weight is 566 g/mol. The van der Waals surface area contributed by atoms with Gasteiger partial charge in [-0.2, -0.15) is 9.29 Å². The number of aryl methyl sites for hydroxylation is 1. The van der Waals surface area contributed by atoms with Gasteiger partial charge in [0.2, 0.25) is 5.75 Å². The van der Waals surface area contributed by atoms with E-state index in [1.807, 2.05) is 6.92 Å². The van der Waals surface area contributed by atoms with Crippen LogP contribution in [-0.4, -0.2) is 55.0 Å². The summed E-state index contributed by atoms with van der Waals surface area (Å²) in [5, 5.41) is 0. The third kappa shape index (κ3) is 6.33. The first-order valence-electron chi connectivity index (χ1n) is 12.0. The van der Waals surface area contributed by atoms with Crippen LogP contribution in [0.2, 0.25) is 0 Å². The molecule has 0 saturated carbocycles. The van der Waals surface area contributed by atoms with Gasteiger partial charge in [0.15, 0.2) is 23.1 Å². The Balaban J connectivity index is 1.94. The molecule has 0 aliphatic rings. The van der Waals surface area contributed by atoms with E-state index < -0.39 is 17.2 Å². The number of rotatable bonds is 10. The molecule has 4 rings (SSSR count). The summed E-state index contributed by atoms with van der Waals surface area (Å²) >= 11 is -2.65. The van der Waals surface area contributed by atoms with Gasteiger partial charge in [0.05, 0.1) is 20.3 Å². The van der Waals surface area contributed by atoms with Crippen LogP contribution in [-0.2, 0) is 16.0 Å². The van der Waals surface area contributed by atoms with Crippen LogP contribution in [0.15, 0.2) is 60.9 Å². The van der Waals surface area contributed by atoms with Crippen LogP contribution >= 0.6 is 0 Å². The van der Waals surface area contributed by atoms with Gasteiger partial charge < -0.3 is 18.9 Å². The Kier molecular flexibility index (Phi) is 8.86. The Morgan fingerprint density at radius 2 is 1.75 bits per heavy atom. The van der Waals surface area contributed by atoms with Gasteiger partial charge in [0, 0.05) is 18.0 Å². The summed E-state index contributed by atoms with van der Waals surface area (Å²) < 4.78 is 46.5. The molecule has 1 aromatic carbocycles. The van der Waals surface area contributed by atoms with Gasteiger partial charge in [-0.05, 0) is 56.7 Å². The summed E-state index contributed by atoms with van der Waals surface area (Å²) in [6.07, 6.45) is 2.61. The van der Waals surface area contributed by atoms with Crippen molar-refractivity contribution < 1.29 is 32.5 Å². The predicted octanol–water partition coefficient (Wildman–Crippen LogP) is 4.89. The van der Waals surface area contributed by atoms with Crippen molar-refractivity contribution in [2.75, 3.05) is 18.5 Å². The number of carbonyl (C=O) groups excluding carboxylic acids is 1. The molecule has 1 unspecified atom stereocenters. The van der Waals surface area contributed by atoms with Crippen molar-refractivity contribution in [1.29, 1.82) is 0 Å². The molecule has 13 heteroatoms. The third-order valence-corrected chi connectivity index (χ3v) is 5.99. The predicted molar refractivity (Wildman–Crippen MR) is 147 cm³/mol. The molecule has 4 aromatic rings. The highest BCUT2D eigenvalue weighted by atomic mass is 32.2. The van der Waals surface area contributed by atoms with E-state index in [0.717, 1.165) is 9.87 Å². The SMILES string of the molecule is COc1ccccc1Oc1c(OC)nc(-c2ccnc(C(=O)OC(C)C)c2)nc1N(c1ccc(C)cn1)S(=O)O. The van der Waals surface area contributed by atoms with Gasteiger partial charge in [-0.25, -0.2) is 24.0 Å². The van der Waals surface area contributed by atoms with Crippen LogP contribution in [0.25, 0.3) is 11.4 Å². The van der Waals surface area contributed by atoms with Crippen molar-refractivity contribution >= 4 is 28.9 Å². The summed E-state index contributed by atoms with van der Waals surface area (Å²) in [5.74, 6) is -0.0428. The first-order valence-corrected chi connectivity index (χ1v) is 13.1. The number of esters is 1. The Morgan fingerprint density at radius 1 is 1.00 bits per heavy atom. The molecule has 1 N–H and O–H groups in total. The Hall–Kier alpha value is -4.62. The highest BCUT2D eigenvalue weighted by molar-refractivity contribution is 7.81. The molecule has 1 atom stereocenters. The van der Waals surface area contributed by atoms with Gasteiger partial charge >= 0.3 is 5.97 Å². The fourth-order valence-electron chi connectivity index (χ4n) is 3.52. The monoisotopic (exact) mass is 565 g/mol. The van der Waals surface area contributed by atoms with Crippen LogP contribution in [0.4, 0.5) is 11.6 Å². The molecular weight excluding hydrogens is 538 g/mol. The molecule has 0 radical (unpaired) electrons. The molecule has 3 heterocycles. The normalized spacial score (nSPS) is 11.6. The Labute approximate surface area is 233 Å². The molecule has 0 spiro atoms. The van der Waals surface area contributed by atoms with Crippen LogP contribution in [0, 0.1) is 6.92 Å². The van der Waals surface area contributed by atoms with Crippen molar-refractivity contribution in [3.05, 3.63) is 72.2 Å². The molecule has 3 aromatic heterocycles. The molecule has 0 aliphatic carbocycles. The summed E-state index contributed by atoms with van der Waals surface area (Å²) in [6.45, 7) is 5.29. The average Bonchev–Trinajstić information content (AvgIpc) is 2.94. The highest BCUT2D eigenvalue weighted by Gasteiger charge is 2.29. The minimum Gasteiger partial charge on any atom is -0.493 e. The van der Waals surface area contributed by atoms with Crippen molar-refractivity contribution in [2.45, 2.75) is 26.9 Å². The van der Waals surface area contributed by atoms with Crippen LogP contribution in [0.5, 0.6) is 23.1 Å². The molecule has 208 valence electrons. The second-order valence-electron chi connectivity index (χ2n) is 8.56. The zero-order chi connectivity index (χ0) is 28.8. The lowest BCUT2D eigenvalue weighted by Crippen LogP contribution is -2.23. The molecular formula is C27H27N5O7S. The lowest BCUT2D eigenvalue weighted by atomic mass is 10.2. The lowest BCUT2D eigenvalue weighted by Gasteiger charge is -2.23. The molecule has 12 nitrogen and oxygen atoms in total. The minimum absolute atomic E-state index is 0.0347. The summed E-state index contributed by atoms with van der Waals surface area (Å²) in [6, 6.07) is 13.2. The van der Waals surface area contributed by atoms with E-state index >= 15 is 0 Å². The Bertz CT molecular complexity index is 1530. The van der Waals surface area contributed by atoms with Gasteiger partial charge in [-0.1, -0.05) is 18.2 Å². The first-order chi connectivity index (χ1) is 19.2. The summed E-state index contributed by atoms with van der Waals surface area (Å²) in [7, 11) is 2.85. The van der Waals surface area contributed by atoms with Crippen molar-refractivity contribution in [1.82, 2.24) is 19.9 Å². The van der Waals surface area contributed by atoms with E-state index in [-0.39, 0.29) is 46.6 Å². The lowest BCUT2D eigenvalue weighted by molar-refractivity contribution is 0.0371. The van der Waals surface area contributed by atoms with Crippen molar-refractivity contribution in [2.24, 2.45) is 0 Å². The topological polar surface area (TPSA) is 146 Å². The number of nitrogens with zero attached hydrogens (tertiary/aromatic N) is 5. The molecule has 0 amide bonds. The fourth-order valence-corrected chi connectivity index (χ4v) is 4.06.